The summed E-state index contributed by atoms with van der Waals surface area (Å²) < 4.78 is 7.17. The summed E-state index contributed by atoms with van der Waals surface area (Å²) in [4.78, 5) is 16.5. The van der Waals surface area contributed by atoms with Crippen molar-refractivity contribution >= 4 is 5.65 Å². The van der Waals surface area contributed by atoms with Crippen molar-refractivity contribution in [2.45, 2.75) is 6.92 Å². The summed E-state index contributed by atoms with van der Waals surface area (Å²) in [7, 11) is 1.58. The van der Waals surface area contributed by atoms with E-state index in [0.717, 1.165) is 22.4 Å². The lowest BCUT2D eigenvalue weighted by molar-refractivity contribution is 0.415. The Kier molecular flexibility index (Phi) is 5.63. The van der Waals surface area contributed by atoms with Gasteiger partial charge in [-0.3, -0.25) is 9.20 Å². The van der Waals surface area contributed by atoms with Gasteiger partial charge in [0.25, 0.3) is 5.56 Å². The lowest BCUT2D eigenvalue weighted by Crippen LogP contribution is -2.13. The van der Waals surface area contributed by atoms with E-state index < -0.39 is 5.56 Å². The van der Waals surface area contributed by atoms with Crippen LogP contribution in [-0.4, -0.2) is 26.7 Å². The van der Waals surface area contributed by atoms with Crippen molar-refractivity contribution < 1.29 is 14.9 Å². The molecule has 0 aliphatic rings. The van der Waals surface area contributed by atoms with Crippen LogP contribution >= 0.6 is 0 Å². The second kappa shape index (κ2) is 8.93. The van der Waals surface area contributed by atoms with Crippen LogP contribution in [0.5, 0.6) is 17.2 Å². The molecule has 0 radical (unpaired) electrons. The lowest BCUT2D eigenvalue weighted by Gasteiger charge is -2.17. The van der Waals surface area contributed by atoms with Gasteiger partial charge in [-0.2, -0.15) is 10.2 Å². The minimum atomic E-state index is -0.424. The number of phenols is 2. The Bertz CT molecular complexity index is 1730. The van der Waals surface area contributed by atoms with E-state index in [1.807, 2.05) is 54.6 Å². The Hall–Kier alpha value is -5.09. The molecule has 3 aromatic carbocycles. The van der Waals surface area contributed by atoms with Gasteiger partial charge in [-0.15, -0.1) is 0 Å². The molecule has 0 aliphatic heterocycles. The summed E-state index contributed by atoms with van der Waals surface area (Å²) in [6.07, 6.45) is 0. The summed E-state index contributed by atoms with van der Waals surface area (Å²) in [6, 6.07) is 24.7. The smallest absolute Gasteiger partial charge is 0.273 e. The molecular weight excluding hydrogens is 454 g/mol. The zero-order valence-corrected chi connectivity index (χ0v) is 19.6. The first-order chi connectivity index (χ1) is 17.4. The number of rotatable bonds is 4. The number of hydrogen-bond donors (Lipinski definition) is 2. The van der Waals surface area contributed by atoms with Gasteiger partial charge in [-0.1, -0.05) is 36.4 Å². The van der Waals surface area contributed by atoms with E-state index in [2.05, 4.69) is 11.1 Å². The van der Waals surface area contributed by atoms with Gasteiger partial charge < -0.3 is 14.9 Å². The fourth-order valence-corrected chi connectivity index (χ4v) is 4.38. The number of aryl methyl sites for hydroxylation is 1. The number of nitriles is 1. The Morgan fingerprint density at radius 1 is 0.889 bits per heavy atom. The molecule has 0 atom stereocenters. The highest BCUT2D eigenvalue weighted by Gasteiger charge is 2.18. The molecule has 0 bridgehead atoms. The SMILES string of the molecule is COc1cccc(-c2cc(-c3ccc(-c4cc(O)ccc4O)cc3)n3c(C)cc(=O)nc3c2C#N)c1. The molecule has 176 valence electrons. The highest BCUT2D eigenvalue weighted by Crippen LogP contribution is 2.36. The third-order valence-corrected chi connectivity index (χ3v) is 6.09. The molecule has 0 aliphatic carbocycles. The normalized spacial score (nSPS) is 10.8. The van der Waals surface area contributed by atoms with Crippen LogP contribution in [0, 0.1) is 18.3 Å². The number of nitrogens with zero attached hydrogens (tertiary/aromatic N) is 3. The van der Waals surface area contributed by atoms with Crippen LogP contribution in [0.25, 0.3) is 39.2 Å². The lowest BCUT2D eigenvalue weighted by atomic mass is 9.96. The van der Waals surface area contributed by atoms with Gasteiger partial charge in [0.05, 0.1) is 12.8 Å². The molecule has 5 aromatic rings. The number of hydrogen-bond acceptors (Lipinski definition) is 6. The maximum atomic E-state index is 12.3. The summed E-state index contributed by atoms with van der Waals surface area (Å²) in [6.45, 7) is 1.80. The van der Waals surface area contributed by atoms with Gasteiger partial charge in [0.15, 0.2) is 5.65 Å². The maximum Gasteiger partial charge on any atom is 0.273 e. The van der Waals surface area contributed by atoms with Crippen molar-refractivity contribution in [1.29, 1.82) is 5.26 Å². The number of methoxy groups -OCH3 is 1. The van der Waals surface area contributed by atoms with E-state index >= 15 is 0 Å². The summed E-state index contributed by atoms with van der Waals surface area (Å²) in [5.74, 6) is 0.753. The molecule has 0 saturated heterocycles. The highest BCUT2D eigenvalue weighted by atomic mass is 16.5. The van der Waals surface area contributed by atoms with Crippen LogP contribution < -0.4 is 10.3 Å². The number of fused-ring (bicyclic) bond motifs is 1. The van der Waals surface area contributed by atoms with E-state index in [9.17, 15) is 20.3 Å². The Labute approximate surface area is 206 Å². The molecule has 7 nitrogen and oxygen atoms in total. The minimum absolute atomic E-state index is 0.0542. The molecule has 0 amide bonds. The summed E-state index contributed by atoms with van der Waals surface area (Å²) >= 11 is 0. The van der Waals surface area contributed by atoms with Crippen molar-refractivity contribution in [2.24, 2.45) is 0 Å². The van der Waals surface area contributed by atoms with Crippen molar-refractivity contribution in [3.63, 3.8) is 0 Å². The minimum Gasteiger partial charge on any atom is -0.508 e. The highest BCUT2D eigenvalue weighted by molar-refractivity contribution is 5.84. The van der Waals surface area contributed by atoms with E-state index in [0.29, 0.717) is 22.6 Å². The molecular formula is C29H21N3O4. The summed E-state index contributed by atoms with van der Waals surface area (Å²) in [5, 5.41) is 30.2. The van der Waals surface area contributed by atoms with Gasteiger partial charge in [0, 0.05) is 22.9 Å². The van der Waals surface area contributed by atoms with Crippen LogP contribution in [0.3, 0.4) is 0 Å². The number of aromatic hydroxyl groups is 2. The third-order valence-electron chi connectivity index (χ3n) is 6.09. The predicted octanol–water partition coefficient (Wildman–Crippen LogP) is 5.30. The molecule has 0 fully saturated rings. The molecule has 0 saturated carbocycles. The van der Waals surface area contributed by atoms with E-state index in [1.54, 1.807) is 18.4 Å². The zero-order chi connectivity index (χ0) is 25.4. The van der Waals surface area contributed by atoms with Crippen LogP contribution in [-0.2, 0) is 0 Å². The number of ether oxygens (including phenoxy) is 1. The standard InChI is InChI=1S/C29H21N3O4/c1-17-12-28(35)31-29-25(16-30)23(20-4-3-5-22(13-20)36-2)15-26(32(17)29)19-8-6-18(7-9-19)24-14-21(33)10-11-27(24)34/h3-15,33-34H,1-2H3. The Morgan fingerprint density at radius 3 is 2.36 bits per heavy atom. The van der Waals surface area contributed by atoms with Gasteiger partial charge in [-0.05, 0) is 60.0 Å². The first kappa shape index (κ1) is 22.7. The van der Waals surface area contributed by atoms with Crippen LogP contribution in [0.1, 0.15) is 11.3 Å². The van der Waals surface area contributed by atoms with Crippen molar-refractivity contribution in [3.05, 3.63) is 100 Å². The molecule has 5 rings (SSSR count). The van der Waals surface area contributed by atoms with E-state index in [1.165, 1.54) is 24.3 Å². The Balaban J connectivity index is 1.78. The van der Waals surface area contributed by atoms with Gasteiger partial charge >= 0.3 is 0 Å². The number of aromatic nitrogens is 2. The first-order valence-electron chi connectivity index (χ1n) is 11.1. The number of phenolic OH excluding ortho intramolecular Hbond substituents is 2. The maximum absolute atomic E-state index is 12.3. The first-order valence-corrected chi connectivity index (χ1v) is 11.1. The predicted molar refractivity (Wildman–Crippen MR) is 137 cm³/mol. The van der Waals surface area contributed by atoms with Crippen LogP contribution in [0.4, 0.5) is 0 Å². The quantitative estimate of drug-likeness (QED) is 0.342. The molecule has 2 heterocycles. The second-order valence-electron chi connectivity index (χ2n) is 8.34. The van der Waals surface area contributed by atoms with E-state index in [-0.39, 0.29) is 22.7 Å². The van der Waals surface area contributed by atoms with Crippen LogP contribution in [0.15, 0.2) is 83.7 Å². The number of benzene rings is 3. The molecule has 0 unspecified atom stereocenters. The molecule has 2 N–H and O–H groups in total. The third kappa shape index (κ3) is 3.91. The average Bonchev–Trinajstić information content (AvgIpc) is 2.89. The van der Waals surface area contributed by atoms with Gasteiger partial charge in [0.1, 0.15) is 28.9 Å². The average molecular weight is 476 g/mol. The molecule has 36 heavy (non-hydrogen) atoms. The van der Waals surface area contributed by atoms with Gasteiger partial charge in [-0.25, -0.2) is 0 Å². The number of pyridine rings is 1. The largest absolute Gasteiger partial charge is 0.508 e. The van der Waals surface area contributed by atoms with Crippen molar-refractivity contribution in [3.8, 4) is 56.8 Å². The fourth-order valence-electron chi connectivity index (χ4n) is 4.38. The Morgan fingerprint density at radius 2 is 1.64 bits per heavy atom. The topological polar surface area (TPSA) is 108 Å². The summed E-state index contributed by atoms with van der Waals surface area (Å²) in [5.41, 5.74) is 4.93. The van der Waals surface area contributed by atoms with Crippen molar-refractivity contribution in [2.75, 3.05) is 7.11 Å². The zero-order valence-electron chi connectivity index (χ0n) is 19.6. The molecule has 0 spiro atoms. The van der Waals surface area contributed by atoms with E-state index in [4.69, 9.17) is 4.74 Å². The fraction of sp³-hybridized carbons (Fsp3) is 0.0690. The van der Waals surface area contributed by atoms with Crippen molar-refractivity contribution in [1.82, 2.24) is 9.38 Å². The van der Waals surface area contributed by atoms with Gasteiger partial charge in [0.2, 0.25) is 0 Å². The molecule has 2 aromatic heterocycles. The molecule has 7 heteroatoms. The monoisotopic (exact) mass is 475 g/mol. The second-order valence-corrected chi connectivity index (χ2v) is 8.34. The van der Waals surface area contributed by atoms with Crippen LogP contribution in [0.2, 0.25) is 0 Å².